The summed E-state index contributed by atoms with van der Waals surface area (Å²) in [7, 11) is -7.25. The fourth-order valence-corrected chi connectivity index (χ4v) is 6.09. The van der Waals surface area contributed by atoms with E-state index >= 15 is 0 Å². The Morgan fingerprint density at radius 2 is 1.70 bits per heavy atom. The average Bonchev–Trinajstić information content (AvgIpc) is 3.25. The zero-order chi connectivity index (χ0) is 31.1. The first kappa shape index (κ1) is 30.4. The number of hydrogen-bond acceptors (Lipinski definition) is 9. The summed E-state index contributed by atoms with van der Waals surface area (Å²) >= 11 is 0. The number of furan rings is 1. The lowest BCUT2D eigenvalue weighted by Crippen LogP contribution is -2.39. The van der Waals surface area contributed by atoms with Crippen LogP contribution in [0.1, 0.15) is 28.9 Å². The SMILES string of the molecule is CNC(=O)c1c(-c2ccc(Oc3ccc(F)cc3)cc2)oc2cc3c(cc12)C(C)OC(COS(=O)(=O)O)CN3S(C)(=O)=O. The van der Waals surface area contributed by atoms with Gasteiger partial charge in [-0.2, -0.15) is 8.42 Å². The molecule has 2 N–H and O–H groups in total. The van der Waals surface area contributed by atoms with Crippen LogP contribution in [0.5, 0.6) is 11.5 Å². The lowest BCUT2D eigenvalue weighted by molar-refractivity contribution is -0.0179. The number of ether oxygens (including phenoxy) is 2. The van der Waals surface area contributed by atoms with Crippen molar-refractivity contribution in [2.24, 2.45) is 0 Å². The molecule has 2 atom stereocenters. The van der Waals surface area contributed by atoms with Gasteiger partial charge in [0.05, 0.1) is 36.8 Å². The molecule has 5 rings (SSSR count). The fraction of sp³-hybridized carbons (Fsp3) is 0.250. The molecular formula is C28H27FN2O10S2. The zero-order valence-electron chi connectivity index (χ0n) is 23.1. The minimum absolute atomic E-state index is 0.195. The second-order valence-corrected chi connectivity index (χ2v) is 12.8. The van der Waals surface area contributed by atoms with Gasteiger partial charge in [0.2, 0.25) is 10.0 Å². The Hall–Kier alpha value is -4.02. The van der Waals surface area contributed by atoms with Crippen LogP contribution in [0.25, 0.3) is 22.3 Å². The van der Waals surface area contributed by atoms with Crippen LogP contribution < -0.4 is 14.4 Å². The van der Waals surface area contributed by atoms with Crippen LogP contribution in [0.15, 0.2) is 65.1 Å². The summed E-state index contributed by atoms with van der Waals surface area (Å²) in [5.41, 5.74) is 1.55. The van der Waals surface area contributed by atoms with Gasteiger partial charge in [-0.25, -0.2) is 17.0 Å². The van der Waals surface area contributed by atoms with Crippen LogP contribution in [0.2, 0.25) is 0 Å². The quantitative estimate of drug-likeness (QED) is 0.265. The van der Waals surface area contributed by atoms with Crippen LogP contribution in [-0.2, 0) is 29.3 Å². The van der Waals surface area contributed by atoms with Crippen molar-refractivity contribution >= 4 is 43.0 Å². The van der Waals surface area contributed by atoms with E-state index in [-0.39, 0.29) is 29.1 Å². The largest absolute Gasteiger partial charge is 0.457 e. The molecular weight excluding hydrogens is 607 g/mol. The van der Waals surface area contributed by atoms with Crippen LogP contribution in [0, 0.1) is 5.82 Å². The van der Waals surface area contributed by atoms with Crippen molar-refractivity contribution in [2.45, 2.75) is 19.1 Å². The molecule has 0 saturated heterocycles. The summed E-state index contributed by atoms with van der Waals surface area (Å²) < 4.78 is 93.5. The van der Waals surface area contributed by atoms with Crippen molar-refractivity contribution in [3.63, 3.8) is 0 Å². The zero-order valence-corrected chi connectivity index (χ0v) is 24.7. The third-order valence-corrected chi connectivity index (χ3v) is 8.31. The molecule has 1 aromatic heterocycles. The van der Waals surface area contributed by atoms with Gasteiger partial charge in [-0.1, -0.05) is 0 Å². The van der Waals surface area contributed by atoms with Gasteiger partial charge in [-0.05, 0) is 61.5 Å². The third kappa shape index (κ3) is 6.65. The number of rotatable bonds is 8. The van der Waals surface area contributed by atoms with Gasteiger partial charge in [0.15, 0.2) is 0 Å². The minimum atomic E-state index is -4.79. The van der Waals surface area contributed by atoms with Gasteiger partial charge in [0.1, 0.15) is 34.8 Å². The summed E-state index contributed by atoms with van der Waals surface area (Å²) in [4.78, 5) is 13.1. The van der Waals surface area contributed by atoms with Crippen LogP contribution in [0.3, 0.4) is 0 Å². The molecule has 0 bridgehead atoms. The molecule has 2 heterocycles. The number of carbonyl (C=O) groups excluding carboxylic acids is 1. The topological polar surface area (TPSA) is 162 Å². The number of hydrogen-bond donors (Lipinski definition) is 2. The average molecular weight is 635 g/mol. The third-order valence-electron chi connectivity index (χ3n) is 6.73. The molecule has 2 unspecified atom stereocenters. The number of benzene rings is 3. The Balaban J connectivity index is 1.57. The summed E-state index contributed by atoms with van der Waals surface area (Å²) in [5.74, 6) is 0.271. The van der Waals surface area contributed by atoms with E-state index in [1.165, 1.54) is 37.4 Å². The summed E-state index contributed by atoms with van der Waals surface area (Å²) in [6, 6.07) is 15.3. The molecule has 1 amide bonds. The van der Waals surface area contributed by atoms with E-state index in [0.717, 1.165) is 10.6 Å². The van der Waals surface area contributed by atoms with Crippen molar-refractivity contribution in [1.82, 2.24) is 5.32 Å². The van der Waals surface area contributed by atoms with Crippen molar-refractivity contribution < 1.29 is 48.6 Å². The highest BCUT2D eigenvalue weighted by atomic mass is 32.3. The number of nitrogens with zero attached hydrogens (tertiary/aromatic N) is 1. The molecule has 0 fully saturated rings. The first-order chi connectivity index (χ1) is 20.2. The predicted octanol–water partition coefficient (Wildman–Crippen LogP) is 4.44. The maximum absolute atomic E-state index is 13.2. The second-order valence-electron chi connectivity index (χ2n) is 9.78. The first-order valence-electron chi connectivity index (χ1n) is 12.8. The Labute approximate surface area is 247 Å². The van der Waals surface area contributed by atoms with Gasteiger partial charge in [0, 0.05) is 29.6 Å². The molecule has 1 aliphatic heterocycles. The molecule has 0 spiro atoms. The van der Waals surface area contributed by atoms with Gasteiger partial charge < -0.3 is 19.2 Å². The molecule has 12 nitrogen and oxygen atoms in total. The van der Waals surface area contributed by atoms with Gasteiger partial charge in [0.25, 0.3) is 5.91 Å². The van der Waals surface area contributed by atoms with E-state index in [1.54, 1.807) is 37.3 Å². The number of nitrogens with one attached hydrogen (secondary N) is 1. The van der Waals surface area contributed by atoms with Crippen LogP contribution in [-0.4, -0.2) is 59.9 Å². The van der Waals surface area contributed by atoms with Gasteiger partial charge >= 0.3 is 10.4 Å². The normalized spacial score (nSPS) is 17.4. The fourth-order valence-electron chi connectivity index (χ4n) is 4.81. The minimum Gasteiger partial charge on any atom is -0.457 e. The Kier molecular flexibility index (Phi) is 8.20. The standard InChI is InChI=1S/C28H27FN2O10S2/c1-16-22-12-23-25(13-24(22)31(42(3,33)34)14-21(39-16)15-38-43(35,36)37)41-27(26(23)28(32)30-2)17-4-8-19(9-5-17)40-20-10-6-18(29)7-11-20/h4-13,16,21H,14-15H2,1-3H3,(H,30,32)(H,35,36,37). The van der Waals surface area contributed by atoms with E-state index in [9.17, 15) is 26.0 Å². The Bertz CT molecular complexity index is 1890. The molecule has 43 heavy (non-hydrogen) atoms. The van der Waals surface area contributed by atoms with Crippen LogP contribution >= 0.6 is 0 Å². The van der Waals surface area contributed by atoms with E-state index in [0.29, 0.717) is 28.0 Å². The van der Waals surface area contributed by atoms with Gasteiger partial charge in [-0.3, -0.25) is 13.7 Å². The monoisotopic (exact) mass is 634 g/mol. The van der Waals surface area contributed by atoms with Crippen molar-refractivity contribution in [3.8, 4) is 22.8 Å². The lowest BCUT2D eigenvalue weighted by atomic mass is 10.0. The predicted molar refractivity (Wildman–Crippen MR) is 154 cm³/mol. The Morgan fingerprint density at radius 3 is 2.28 bits per heavy atom. The molecule has 0 aliphatic carbocycles. The number of amides is 1. The lowest BCUT2D eigenvalue weighted by Gasteiger charge is -2.24. The maximum atomic E-state index is 13.2. The summed E-state index contributed by atoms with van der Waals surface area (Å²) in [5, 5.41) is 2.99. The van der Waals surface area contributed by atoms with Crippen molar-refractivity contribution in [2.75, 3.05) is 30.8 Å². The molecule has 15 heteroatoms. The highest BCUT2D eigenvalue weighted by Crippen LogP contribution is 2.42. The van der Waals surface area contributed by atoms with E-state index < -0.39 is 51.0 Å². The van der Waals surface area contributed by atoms with Crippen molar-refractivity contribution in [1.29, 1.82) is 0 Å². The van der Waals surface area contributed by atoms with Crippen LogP contribution in [0.4, 0.5) is 10.1 Å². The van der Waals surface area contributed by atoms with Crippen molar-refractivity contribution in [3.05, 3.63) is 77.6 Å². The number of carbonyl (C=O) groups is 1. The molecule has 4 aromatic rings. The van der Waals surface area contributed by atoms with Gasteiger partial charge in [-0.15, -0.1) is 0 Å². The van der Waals surface area contributed by atoms with E-state index in [1.807, 2.05) is 0 Å². The number of anilines is 1. The van der Waals surface area contributed by atoms with E-state index in [2.05, 4.69) is 9.50 Å². The first-order valence-corrected chi connectivity index (χ1v) is 16.1. The summed E-state index contributed by atoms with van der Waals surface area (Å²) in [6.07, 6.45) is -0.855. The Morgan fingerprint density at radius 1 is 1.07 bits per heavy atom. The second kappa shape index (κ2) is 11.6. The number of sulfonamides is 1. The smallest absolute Gasteiger partial charge is 0.397 e. The number of halogens is 1. The molecule has 0 saturated carbocycles. The van der Waals surface area contributed by atoms with E-state index in [4.69, 9.17) is 18.4 Å². The highest BCUT2D eigenvalue weighted by Gasteiger charge is 2.34. The number of fused-ring (bicyclic) bond motifs is 2. The molecule has 1 aliphatic rings. The molecule has 228 valence electrons. The highest BCUT2D eigenvalue weighted by molar-refractivity contribution is 7.92. The molecule has 3 aromatic carbocycles. The summed E-state index contributed by atoms with van der Waals surface area (Å²) in [6.45, 7) is 0.688. The maximum Gasteiger partial charge on any atom is 0.397 e. The molecule has 0 radical (unpaired) electrons.